The molecule has 96 valence electrons. The van der Waals surface area contributed by atoms with E-state index in [4.69, 9.17) is 9.52 Å². The van der Waals surface area contributed by atoms with E-state index in [9.17, 15) is 9.00 Å². The fourth-order valence-electron chi connectivity index (χ4n) is 1.42. The molecule has 0 amide bonds. The molecule has 0 saturated carbocycles. The van der Waals surface area contributed by atoms with Crippen LogP contribution in [0.25, 0.3) is 0 Å². The van der Waals surface area contributed by atoms with Crippen molar-refractivity contribution in [3.8, 4) is 0 Å². The molecule has 1 aromatic rings. The van der Waals surface area contributed by atoms with Crippen molar-refractivity contribution in [2.75, 3.05) is 18.6 Å². The van der Waals surface area contributed by atoms with Crippen LogP contribution < -0.4 is 5.32 Å². The summed E-state index contributed by atoms with van der Waals surface area (Å²) in [6.45, 7) is 3.07. The van der Waals surface area contributed by atoms with Gasteiger partial charge in [-0.2, -0.15) is 0 Å². The van der Waals surface area contributed by atoms with E-state index < -0.39 is 16.8 Å². The van der Waals surface area contributed by atoms with Gasteiger partial charge in [-0.3, -0.25) is 4.21 Å². The maximum Gasteiger partial charge on any atom is 0.371 e. The van der Waals surface area contributed by atoms with Crippen LogP contribution in [0.2, 0.25) is 0 Å². The van der Waals surface area contributed by atoms with Crippen molar-refractivity contribution in [1.82, 2.24) is 5.32 Å². The second kappa shape index (κ2) is 6.56. The van der Waals surface area contributed by atoms with Gasteiger partial charge in [0.2, 0.25) is 5.76 Å². The molecule has 17 heavy (non-hydrogen) atoms. The van der Waals surface area contributed by atoms with Gasteiger partial charge in [-0.15, -0.1) is 0 Å². The lowest BCUT2D eigenvalue weighted by Crippen LogP contribution is -2.16. The van der Waals surface area contributed by atoms with Crippen molar-refractivity contribution in [2.45, 2.75) is 19.9 Å². The molecule has 1 aromatic heterocycles. The first kappa shape index (κ1) is 13.9. The molecular weight excluding hydrogens is 242 g/mol. The minimum Gasteiger partial charge on any atom is -0.475 e. The van der Waals surface area contributed by atoms with E-state index in [0.717, 1.165) is 18.5 Å². The van der Waals surface area contributed by atoms with Crippen molar-refractivity contribution in [3.63, 3.8) is 0 Å². The molecule has 0 aliphatic carbocycles. The van der Waals surface area contributed by atoms with Crippen LogP contribution in [-0.2, 0) is 17.3 Å². The second-order valence-electron chi connectivity index (χ2n) is 3.80. The first-order chi connectivity index (χ1) is 8.00. The van der Waals surface area contributed by atoms with Gasteiger partial charge in [-0.25, -0.2) is 4.79 Å². The van der Waals surface area contributed by atoms with E-state index >= 15 is 0 Å². The third kappa shape index (κ3) is 4.70. The normalized spacial score (nSPS) is 12.6. The number of hydrogen-bond acceptors (Lipinski definition) is 4. The number of hydrogen-bond donors (Lipinski definition) is 2. The molecular formula is C11H17NO4S. The van der Waals surface area contributed by atoms with E-state index in [1.165, 1.54) is 6.07 Å². The summed E-state index contributed by atoms with van der Waals surface area (Å²) in [5.74, 6) is 0.209. The Kier molecular flexibility index (Phi) is 5.37. The van der Waals surface area contributed by atoms with Crippen LogP contribution in [0.3, 0.4) is 0 Å². The number of aryl methyl sites for hydroxylation is 1. The summed E-state index contributed by atoms with van der Waals surface area (Å²) in [5, 5.41) is 11.9. The summed E-state index contributed by atoms with van der Waals surface area (Å²) in [6, 6.07) is 1.53. The molecule has 0 fully saturated rings. The van der Waals surface area contributed by atoms with Gasteiger partial charge in [-0.05, 0) is 26.0 Å². The van der Waals surface area contributed by atoms with Crippen molar-refractivity contribution < 1.29 is 18.5 Å². The summed E-state index contributed by atoms with van der Waals surface area (Å²) in [4.78, 5) is 10.7. The highest BCUT2D eigenvalue weighted by molar-refractivity contribution is 7.84. The predicted molar refractivity (Wildman–Crippen MR) is 65.7 cm³/mol. The first-order valence-corrected chi connectivity index (χ1v) is 7.06. The zero-order valence-electron chi connectivity index (χ0n) is 9.99. The molecule has 0 spiro atoms. The van der Waals surface area contributed by atoms with Crippen LogP contribution >= 0.6 is 0 Å². The van der Waals surface area contributed by atoms with Gasteiger partial charge in [0, 0.05) is 34.9 Å². The highest BCUT2D eigenvalue weighted by Gasteiger charge is 2.12. The number of rotatable bonds is 7. The van der Waals surface area contributed by atoms with E-state index in [-0.39, 0.29) is 5.76 Å². The average Bonchev–Trinajstić information content (AvgIpc) is 2.59. The molecule has 0 aliphatic heterocycles. The van der Waals surface area contributed by atoms with Crippen molar-refractivity contribution >= 4 is 16.8 Å². The molecule has 0 radical (unpaired) electrons. The summed E-state index contributed by atoms with van der Waals surface area (Å²) in [6.07, 6.45) is 2.52. The van der Waals surface area contributed by atoms with Crippen molar-refractivity contribution in [2.24, 2.45) is 0 Å². The van der Waals surface area contributed by atoms with Gasteiger partial charge in [0.05, 0.1) is 0 Å². The highest BCUT2D eigenvalue weighted by Crippen LogP contribution is 2.14. The van der Waals surface area contributed by atoms with Gasteiger partial charge >= 0.3 is 5.97 Å². The monoisotopic (exact) mass is 259 g/mol. The molecule has 0 aliphatic rings. The SMILES string of the molecule is Cc1oc(C(=O)O)cc1CNCCCS(C)=O. The van der Waals surface area contributed by atoms with Crippen molar-refractivity contribution in [3.05, 3.63) is 23.2 Å². The van der Waals surface area contributed by atoms with Gasteiger partial charge in [0.25, 0.3) is 0 Å². The molecule has 1 heterocycles. The quantitative estimate of drug-likeness (QED) is 0.718. The Labute approximate surface area is 103 Å². The largest absolute Gasteiger partial charge is 0.475 e. The number of aromatic carboxylic acids is 1. The zero-order chi connectivity index (χ0) is 12.8. The lowest BCUT2D eigenvalue weighted by molar-refractivity contribution is 0.0661. The van der Waals surface area contributed by atoms with Crippen LogP contribution in [-0.4, -0.2) is 33.8 Å². The predicted octanol–water partition coefficient (Wildman–Crippen LogP) is 1.14. The lowest BCUT2D eigenvalue weighted by atomic mass is 10.2. The minimum absolute atomic E-state index is 0.0334. The molecule has 0 saturated heterocycles. The Morgan fingerprint density at radius 3 is 2.82 bits per heavy atom. The molecule has 1 atom stereocenters. The molecule has 0 aromatic carbocycles. The third-order valence-electron chi connectivity index (χ3n) is 2.33. The minimum atomic E-state index is -1.05. The van der Waals surface area contributed by atoms with Gasteiger partial charge in [0.1, 0.15) is 5.76 Å². The fraction of sp³-hybridized carbons (Fsp3) is 0.545. The van der Waals surface area contributed by atoms with Crippen LogP contribution in [0.15, 0.2) is 10.5 Å². The Morgan fingerprint density at radius 2 is 2.29 bits per heavy atom. The number of carboxylic acids is 1. The van der Waals surface area contributed by atoms with E-state index in [1.54, 1.807) is 13.2 Å². The summed E-state index contributed by atoms with van der Waals surface area (Å²) in [5.41, 5.74) is 0.847. The molecule has 1 unspecified atom stereocenters. The van der Waals surface area contributed by atoms with Gasteiger partial charge in [-0.1, -0.05) is 0 Å². The van der Waals surface area contributed by atoms with E-state index in [2.05, 4.69) is 5.32 Å². The molecule has 2 N–H and O–H groups in total. The smallest absolute Gasteiger partial charge is 0.371 e. The van der Waals surface area contributed by atoms with E-state index in [1.807, 2.05) is 0 Å². The Hall–Kier alpha value is -1.14. The summed E-state index contributed by atoms with van der Waals surface area (Å²) >= 11 is 0. The Morgan fingerprint density at radius 1 is 1.59 bits per heavy atom. The number of furan rings is 1. The summed E-state index contributed by atoms with van der Waals surface area (Å²) < 4.78 is 15.9. The lowest BCUT2D eigenvalue weighted by Gasteiger charge is -2.02. The summed E-state index contributed by atoms with van der Waals surface area (Å²) in [7, 11) is -0.756. The second-order valence-corrected chi connectivity index (χ2v) is 5.36. The molecule has 5 nitrogen and oxygen atoms in total. The third-order valence-corrected chi connectivity index (χ3v) is 3.20. The molecule has 6 heteroatoms. The fourth-order valence-corrected chi connectivity index (χ4v) is 1.98. The number of nitrogens with one attached hydrogen (secondary N) is 1. The standard InChI is InChI=1S/C11H17NO4S/c1-8-9(6-10(16-8)11(13)14)7-12-4-3-5-17(2)15/h6,12H,3-5,7H2,1-2H3,(H,13,14). The van der Waals surface area contributed by atoms with Crippen LogP contribution in [0, 0.1) is 6.92 Å². The Bertz CT molecular complexity index is 414. The average molecular weight is 259 g/mol. The van der Waals surface area contributed by atoms with E-state index in [0.29, 0.717) is 18.1 Å². The number of carbonyl (C=O) groups is 1. The van der Waals surface area contributed by atoms with Crippen molar-refractivity contribution in [1.29, 1.82) is 0 Å². The topological polar surface area (TPSA) is 79.5 Å². The highest BCUT2D eigenvalue weighted by atomic mass is 32.2. The maximum absolute atomic E-state index is 10.8. The zero-order valence-corrected chi connectivity index (χ0v) is 10.8. The maximum atomic E-state index is 10.8. The molecule has 1 rings (SSSR count). The van der Waals surface area contributed by atoms with Gasteiger partial charge in [0.15, 0.2) is 0 Å². The van der Waals surface area contributed by atoms with Crippen LogP contribution in [0.1, 0.15) is 28.3 Å². The van der Waals surface area contributed by atoms with Crippen LogP contribution in [0.4, 0.5) is 0 Å². The Balaban J connectivity index is 2.36. The molecule has 0 bridgehead atoms. The van der Waals surface area contributed by atoms with Crippen LogP contribution in [0.5, 0.6) is 0 Å². The van der Waals surface area contributed by atoms with Gasteiger partial charge < -0.3 is 14.8 Å². The number of carboxylic acid groups (broad SMARTS) is 1. The first-order valence-electron chi connectivity index (χ1n) is 5.34.